The Bertz CT molecular complexity index is 565. The summed E-state index contributed by atoms with van der Waals surface area (Å²) in [5.41, 5.74) is -0.00126. The molecule has 1 saturated carbocycles. The van der Waals surface area contributed by atoms with Gasteiger partial charge in [0.2, 0.25) is 0 Å². The largest absolute Gasteiger partial charge is 0.379 e. The zero-order chi connectivity index (χ0) is 16.2. The molecule has 126 valence electrons. The summed E-state index contributed by atoms with van der Waals surface area (Å²) in [6.07, 6.45) is 4.17. The molecule has 1 saturated heterocycles. The molecule has 1 aliphatic heterocycles. The number of carbonyl (C=O) groups is 1. The molecule has 1 aliphatic carbocycles. The summed E-state index contributed by atoms with van der Waals surface area (Å²) in [5.74, 6) is -0.431. The summed E-state index contributed by atoms with van der Waals surface area (Å²) in [7, 11) is 0. The number of halogens is 2. The van der Waals surface area contributed by atoms with Crippen molar-refractivity contribution in [2.45, 2.75) is 37.8 Å². The van der Waals surface area contributed by atoms with Gasteiger partial charge in [0.1, 0.15) is 11.9 Å². The van der Waals surface area contributed by atoms with Crippen molar-refractivity contribution in [3.05, 3.63) is 34.6 Å². The highest BCUT2D eigenvalue weighted by Gasteiger charge is 2.30. The zero-order valence-electron chi connectivity index (χ0n) is 12.9. The fourth-order valence-corrected chi connectivity index (χ4v) is 3.04. The molecule has 4 nitrogen and oxygen atoms in total. The highest BCUT2D eigenvalue weighted by atomic mass is 35.5. The van der Waals surface area contributed by atoms with Crippen LogP contribution < -0.4 is 5.32 Å². The molecule has 1 N–H and O–H groups in total. The van der Waals surface area contributed by atoms with Gasteiger partial charge in [-0.3, -0.25) is 4.79 Å². The lowest BCUT2D eigenvalue weighted by molar-refractivity contribution is -0.0819. The highest BCUT2D eigenvalue weighted by molar-refractivity contribution is 6.30. The predicted molar refractivity (Wildman–Crippen MR) is 85.2 cm³/mol. The van der Waals surface area contributed by atoms with Crippen molar-refractivity contribution in [3.63, 3.8) is 0 Å². The van der Waals surface area contributed by atoms with Crippen LogP contribution in [0.1, 0.15) is 36.0 Å². The monoisotopic (exact) mass is 341 g/mol. The second kappa shape index (κ2) is 7.60. The second-order valence-electron chi connectivity index (χ2n) is 6.24. The molecule has 0 bridgehead atoms. The summed E-state index contributed by atoms with van der Waals surface area (Å²) in [4.78, 5) is 12.3. The Labute approximate surface area is 140 Å². The summed E-state index contributed by atoms with van der Waals surface area (Å²) < 4.78 is 25.2. The van der Waals surface area contributed by atoms with Gasteiger partial charge in [-0.2, -0.15) is 0 Å². The van der Waals surface area contributed by atoms with Gasteiger partial charge in [-0.15, -0.1) is 0 Å². The Morgan fingerprint density at radius 2 is 2.22 bits per heavy atom. The third kappa shape index (κ3) is 4.22. The van der Waals surface area contributed by atoms with Crippen molar-refractivity contribution >= 4 is 17.5 Å². The maximum Gasteiger partial charge on any atom is 0.254 e. The van der Waals surface area contributed by atoms with Crippen LogP contribution in [0.5, 0.6) is 0 Å². The Hall–Kier alpha value is -1.17. The van der Waals surface area contributed by atoms with E-state index in [1.54, 1.807) is 0 Å². The van der Waals surface area contributed by atoms with Crippen LogP contribution in [0.3, 0.4) is 0 Å². The van der Waals surface area contributed by atoms with Crippen LogP contribution in [0.4, 0.5) is 4.39 Å². The Morgan fingerprint density at radius 3 is 2.91 bits per heavy atom. The standard InChI is InChI=1S/C17H21ClFNO3/c18-12-4-5-13(14(19)8-12)17(21)20-15-6-7-22-10-16(15)23-9-11-2-1-3-11/h4-5,8,11,15-16H,1-3,6-7,9-10H2,(H,20,21)/t15-,16-/m1/s1. The van der Waals surface area contributed by atoms with E-state index >= 15 is 0 Å². The minimum absolute atomic E-state index is 0.00126. The number of rotatable bonds is 5. The summed E-state index contributed by atoms with van der Waals surface area (Å²) >= 11 is 5.72. The van der Waals surface area contributed by atoms with Gasteiger partial charge in [0.05, 0.1) is 18.2 Å². The van der Waals surface area contributed by atoms with Crippen LogP contribution in [-0.4, -0.2) is 37.9 Å². The van der Waals surface area contributed by atoms with Gasteiger partial charge in [0.15, 0.2) is 0 Å². The molecule has 1 aromatic rings. The Kier molecular flexibility index (Phi) is 5.51. The van der Waals surface area contributed by atoms with Crippen molar-refractivity contribution in [3.8, 4) is 0 Å². The van der Waals surface area contributed by atoms with E-state index in [2.05, 4.69) is 5.32 Å². The van der Waals surface area contributed by atoms with Crippen molar-refractivity contribution < 1.29 is 18.7 Å². The highest BCUT2D eigenvalue weighted by Crippen LogP contribution is 2.27. The van der Waals surface area contributed by atoms with Gasteiger partial charge in [-0.05, 0) is 43.4 Å². The van der Waals surface area contributed by atoms with E-state index in [0.717, 1.165) is 6.07 Å². The topological polar surface area (TPSA) is 47.6 Å². The van der Waals surface area contributed by atoms with E-state index in [1.807, 2.05) is 0 Å². The molecular formula is C17H21ClFNO3. The molecule has 2 fully saturated rings. The Balaban J connectivity index is 1.59. The first-order chi connectivity index (χ1) is 11.1. The van der Waals surface area contributed by atoms with E-state index in [-0.39, 0.29) is 22.7 Å². The quantitative estimate of drug-likeness (QED) is 0.894. The van der Waals surface area contributed by atoms with Crippen LogP contribution in [-0.2, 0) is 9.47 Å². The number of ether oxygens (including phenoxy) is 2. The Morgan fingerprint density at radius 1 is 1.39 bits per heavy atom. The molecular weight excluding hydrogens is 321 g/mol. The van der Waals surface area contributed by atoms with Gasteiger partial charge in [-0.1, -0.05) is 18.0 Å². The molecule has 0 aromatic heterocycles. The predicted octanol–water partition coefficient (Wildman–Crippen LogP) is 3.18. The van der Waals surface area contributed by atoms with E-state index in [1.165, 1.54) is 31.4 Å². The lowest BCUT2D eigenvalue weighted by atomic mass is 9.86. The normalized spacial score (nSPS) is 25.0. The van der Waals surface area contributed by atoms with Crippen molar-refractivity contribution in [1.82, 2.24) is 5.32 Å². The van der Waals surface area contributed by atoms with Gasteiger partial charge in [0.25, 0.3) is 5.91 Å². The second-order valence-corrected chi connectivity index (χ2v) is 6.67. The van der Waals surface area contributed by atoms with Crippen molar-refractivity contribution in [2.75, 3.05) is 19.8 Å². The zero-order valence-corrected chi connectivity index (χ0v) is 13.7. The number of benzene rings is 1. The lowest BCUT2D eigenvalue weighted by Gasteiger charge is -2.34. The average Bonchev–Trinajstić information content (AvgIpc) is 2.47. The number of amides is 1. The third-order valence-electron chi connectivity index (χ3n) is 4.57. The van der Waals surface area contributed by atoms with Crippen LogP contribution in [0.2, 0.25) is 5.02 Å². The number of nitrogens with one attached hydrogen (secondary N) is 1. The smallest absolute Gasteiger partial charge is 0.254 e. The van der Waals surface area contributed by atoms with E-state index in [9.17, 15) is 9.18 Å². The number of hydrogen-bond donors (Lipinski definition) is 1. The SMILES string of the molecule is O=C(N[C@@H]1CCOC[C@H]1OCC1CCC1)c1ccc(Cl)cc1F. The van der Waals surface area contributed by atoms with Gasteiger partial charge in [0, 0.05) is 18.2 Å². The summed E-state index contributed by atoms with van der Waals surface area (Å²) in [6.45, 7) is 1.73. The first kappa shape index (κ1) is 16.7. The third-order valence-corrected chi connectivity index (χ3v) is 4.80. The summed E-state index contributed by atoms with van der Waals surface area (Å²) in [6, 6.07) is 3.89. The minimum Gasteiger partial charge on any atom is -0.379 e. The number of carbonyl (C=O) groups excluding carboxylic acids is 1. The van der Waals surface area contributed by atoms with Gasteiger partial charge in [-0.25, -0.2) is 4.39 Å². The first-order valence-corrected chi connectivity index (χ1v) is 8.46. The van der Waals surface area contributed by atoms with E-state index < -0.39 is 11.7 Å². The molecule has 0 radical (unpaired) electrons. The molecule has 1 heterocycles. The fraction of sp³-hybridized carbons (Fsp3) is 0.588. The summed E-state index contributed by atoms with van der Waals surface area (Å²) in [5, 5.41) is 3.15. The van der Waals surface area contributed by atoms with Crippen molar-refractivity contribution in [2.24, 2.45) is 5.92 Å². The molecule has 6 heteroatoms. The van der Waals surface area contributed by atoms with Crippen LogP contribution >= 0.6 is 11.6 Å². The van der Waals surface area contributed by atoms with Gasteiger partial charge >= 0.3 is 0 Å². The molecule has 2 atom stereocenters. The molecule has 0 unspecified atom stereocenters. The average molecular weight is 342 g/mol. The van der Waals surface area contributed by atoms with Crippen LogP contribution in [0.25, 0.3) is 0 Å². The molecule has 2 aliphatic rings. The maximum absolute atomic E-state index is 13.9. The van der Waals surface area contributed by atoms with E-state index in [4.69, 9.17) is 21.1 Å². The van der Waals surface area contributed by atoms with Gasteiger partial charge < -0.3 is 14.8 Å². The lowest BCUT2D eigenvalue weighted by Crippen LogP contribution is -2.50. The molecule has 23 heavy (non-hydrogen) atoms. The van der Waals surface area contributed by atoms with E-state index in [0.29, 0.717) is 32.2 Å². The molecule has 0 spiro atoms. The first-order valence-electron chi connectivity index (χ1n) is 8.09. The maximum atomic E-state index is 13.9. The molecule has 3 rings (SSSR count). The van der Waals surface area contributed by atoms with Crippen LogP contribution in [0.15, 0.2) is 18.2 Å². The molecule has 1 aromatic carbocycles. The minimum atomic E-state index is -0.617. The number of hydrogen-bond acceptors (Lipinski definition) is 3. The molecule has 1 amide bonds. The fourth-order valence-electron chi connectivity index (χ4n) is 2.88. The van der Waals surface area contributed by atoms with Crippen LogP contribution in [0, 0.1) is 11.7 Å². The van der Waals surface area contributed by atoms with Crippen molar-refractivity contribution in [1.29, 1.82) is 0 Å².